The normalized spacial score (nSPS) is 16.7. The highest BCUT2D eigenvalue weighted by molar-refractivity contribution is 7.51. The van der Waals surface area contributed by atoms with Gasteiger partial charge in [0.15, 0.2) is 0 Å². The zero-order valence-corrected chi connectivity index (χ0v) is 5.71. The van der Waals surface area contributed by atoms with E-state index in [4.69, 9.17) is 5.50 Å². The number of hydrogen-bond donors (Lipinski definition) is 2. The predicted octanol–water partition coefficient (Wildman–Crippen LogP) is 0.146. The maximum Gasteiger partial charge on any atom is 0.419 e. The molecular formula is C3H9N2O3P. The number of nitrogens with two attached hydrogens (primary N) is 2. The van der Waals surface area contributed by atoms with Crippen molar-refractivity contribution in [3.05, 3.63) is 12.7 Å². The van der Waals surface area contributed by atoms with Gasteiger partial charge in [-0.15, -0.1) is 6.58 Å². The van der Waals surface area contributed by atoms with E-state index in [-0.39, 0.29) is 6.61 Å². The molecule has 0 aromatic heterocycles. The summed E-state index contributed by atoms with van der Waals surface area (Å²) in [5, 5.41) is 0. The summed E-state index contributed by atoms with van der Waals surface area (Å²) in [7, 11) is -3.48. The van der Waals surface area contributed by atoms with Crippen molar-refractivity contribution in [2.24, 2.45) is 11.4 Å². The second-order valence-corrected chi connectivity index (χ2v) is 2.78. The van der Waals surface area contributed by atoms with Crippen LogP contribution in [0.4, 0.5) is 0 Å². The van der Waals surface area contributed by atoms with E-state index in [0.29, 0.717) is 0 Å². The van der Waals surface area contributed by atoms with Crippen molar-refractivity contribution in [3.8, 4) is 0 Å². The summed E-state index contributed by atoms with van der Waals surface area (Å²) in [6.07, 6.45) is 1.39. The van der Waals surface area contributed by atoms with Crippen molar-refractivity contribution in [3.63, 3.8) is 0 Å². The zero-order chi connectivity index (χ0) is 7.33. The quantitative estimate of drug-likeness (QED) is 0.340. The third kappa shape index (κ3) is 4.32. The van der Waals surface area contributed by atoms with Gasteiger partial charge in [0, 0.05) is 0 Å². The Bertz CT molecular complexity index is 137. The maximum absolute atomic E-state index is 10.5. The van der Waals surface area contributed by atoms with Crippen LogP contribution in [0.25, 0.3) is 0 Å². The molecule has 0 aliphatic heterocycles. The molecule has 1 atom stereocenters. The zero-order valence-electron chi connectivity index (χ0n) is 4.82. The maximum atomic E-state index is 10.5. The van der Waals surface area contributed by atoms with Gasteiger partial charge in [-0.3, -0.25) is 4.52 Å². The summed E-state index contributed by atoms with van der Waals surface area (Å²) >= 11 is 0. The summed E-state index contributed by atoms with van der Waals surface area (Å²) in [5.74, 6) is 4.50. The van der Waals surface area contributed by atoms with E-state index >= 15 is 0 Å². The van der Waals surface area contributed by atoms with Gasteiger partial charge < -0.3 is 0 Å². The number of rotatable bonds is 4. The minimum Gasteiger partial charge on any atom is -0.292 e. The highest BCUT2D eigenvalue weighted by Gasteiger charge is 2.14. The van der Waals surface area contributed by atoms with Gasteiger partial charge in [0.05, 0.1) is 6.61 Å². The minimum absolute atomic E-state index is 0.0605. The molecule has 0 amide bonds. The monoisotopic (exact) mass is 152 g/mol. The van der Waals surface area contributed by atoms with Crippen LogP contribution in [0.3, 0.4) is 0 Å². The third-order valence-corrected chi connectivity index (χ3v) is 1.32. The summed E-state index contributed by atoms with van der Waals surface area (Å²) in [5.41, 5.74) is 4.84. The Hall–Kier alpha value is -0.190. The first-order chi connectivity index (χ1) is 4.12. The van der Waals surface area contributed by atoms with Crippen LogP contribution in [0.2, 0.25) is 0 Å². The molecule has 0 heterocycles. The lowest BCUT2D eigenvalue weighted by molar-refractivity contribution is 0.224. The van der Waals surface area contributed by atoms with Gasteiger partial charge in [0.25, 0.3) is 0 Å². The van der Waals surface area contributed by atoms with Gasteiger partial charge in [-0.05, 0) is 0 Å². The Kier molecular flexibility index (Phi) is 3.68. The summed E-state index contributed by atoms with van der Waals surface area (Å²) < 4.78 is 18.7. The smallest absolute Gasteiger partial charge is 0.292 e. The lowest BCUT2D eigenvalue weighted by Crippen LogP contribution is -2.07. The van der Waals surface area contributed by atoms with Crippen LogP contribution in [0.1, 0.15) is 0 Å². The summed E-state index contributed by atoms with van der Waals surface area (Å²) in [6.45, 7) is 3.36. The summed E-state index contributed by atoms with van der Waals surface area (Å²) in [6, 6.07) is 0. The molecule has 1 unspecified atom stereocenters. The van der Waals surface area contributed by atoms with Crippen molar-refractivity contribution in [1.82, 2.24) is 0 Å². The molecule has 0 aliphatic carbocycles. The highest BCUT2D eigenvalue weighted by atomic mass is 31.2. The van der Waals surface area contributed by atoms with Gasteiger partial charge in [0.1, 0.15) is 0 Å². The molecule has 9 heavy (non-hydrogen) atoms. The Labute approximate surface area is 53.2 Å². The van der Waals surface area contributed by atoms with E-state index in [1.807, 2.05) is 0 Å². The molecular weight excluding hydrogens is 143 g/mol. The fourth-order valence-corrected chi connectivity index (χ4v) is 0.561. The van der Waals surface area contributed by atoms with Crippen molar-refractivity contribution in [2.45, 2.75) is 0 Å². The first-order valence-electron chi connectivity index (χ1n) is 2.15. The Morgan fingerprint density at radius 3 is 2.67 bits per heavy atom. The van der Waals surface area contributed by atoms with Gasteiger partial charge in [-0.25, -0.2) is 20.6 Å². The van der Waals surface area contributed by atoms with Crippen LogP contribution in [-0.4, -0.2) is 6.61 Å². The van der Waals surface area contributed by atoms with Crippen molar-refractivity contribution >= 4 is 7.75 Å². The van der Waals surface area contributed by atoms with E-state index in [0.717, 1.165) is 0 Å². The molecule has 54 valence electrons. The molecule has 4 N–H and O–H groups in total. The molecule has 0 spiro atoms. The first-order valence-corrected chi connectivity index (χ1v) is 3.76. The molecule has 0 rings (SSSR count). The Morgan fingerprint density at radius 2 is 2.33 bits per heavy atom. The molecule has 0 fully saturated rings. The van der Waals surface area contributed by atoms with Crippen molar-refractivity contribution in [2.75, 3.05) is 6.61 Å². The fourth-order valence-electron chi connectivity index (χ4n) is 0.187. The molecule has 0 bridgehead atoms. The molecule has 6 heteroatoms. The molecule has 5 nitrogen and oxygen atoms in total. The molecule has 0 saturated heterocycles. The van der Waals surface area contributed by atoms with E-state index in [1.165, 1.54) is 6.08 Å². The molecule has 0 aromatic rings. The Morgan fingerprint density at radius 1 is 1.78 bits per heavy atom. The molecule has 0 radical (unpaired) electrons. The first kappa shape index (κ1) is 8.81. The topological polar surface area (TPSA) is 87.6 Å². The predicted molar refractivity (Wildman–Crippen MR) is 33.2 cm³/mol. The largest absolute Gasteiger partial charge is 0.419 e. The highest BCUT2D eigenvalue weighted by Crippen LogP contribution is 2.35. The molecule has 0 saturated carbocycles. The average Bonchev–Trinajstić information content (AvgIpc) is 1.84. The lowest BCUT2D eigenvalue weighted by atomic mass is 10.7. The van der Waals surface area contributed by atoms with Crippen LogP contribution < -0.4 is 11.4 Å². The van der Waals surface area contributed by atoms with Crippen molar-refractivity contribution < 1.29 is 13.7 Å². The Balaban J connectivity index is 3.58. The molecule has 0 aromatic carbocycles. The van der Waals surface area contributed by atoms with Crippen LogP contribution in [-0.2, 0) is 13.7 Å². The van der Waals surface area contributed by atoms with Crippen LogP contribution in [0.5, 0.6) is 0 Å². The van der Waals surface area contributed by atoms with E-state index < -0.39 is 7.75 Å². The lowest BCUT2D eigenvalue weighted by Gasteiger charge is -2.06. The van der Waals surface area contributed by atoms with E-state index in [2.05, 4.69) is 21.6 Å². The van der Waals surface area contributed by atoms with Crippen LogP contribution in [0, 0.1) is 0 Å². The van der Waals surface area contributed by atoms with E-state index in [9.17, 15) is 4.57 Å². The van der Waals surface area contributed by atoms with Crippen molar-refractivity contribution in [1.29, 1.82) is 0 Å². The van der Waals surface area contributed by atoms with Gasteiger partial charge in [0.2, 0.25) is 0 Å². The van der Waals surface area contributed by atoms with Gasteiger partial charge in [-0.1, -0.05) is 6.08 Å². The minimum atomic E-state index is -3.48. The summed E-state index contributed by atoms with van der Waals surface area (Å²) in [4.78, 5) is 0. The third-order valence-electron chi connectivity index (χ3n) is 0.519. The number of hydrogen-bond acceptors (Lipinski definition) is 4. The SMILES string of the molecule is C=CCOP(N)(=O)ON. The van der Waals surface area contributed by atoms with Gasteiger partial charge >= 0.3 is 7.75 Å². The second kappa shape index (κ2) is 3.76. The second-order valence-electron chi connectivity index (χ2n) is 1.23. The van der Waals surface area contributed by atoms with Crippen LogP contribution >= 0.6 is 7.75 Å². The fraction of sp³-hybridized carbons (Fsp3) is 0.333. The molecule has 0 aliphatic rings. The van der Waals surface area contributed by atoms with Crippen LogP contribution in [0.15, 0.2) is 12.7 Å². The van der Waals surface area contributed by atoms with Gasteiger partial charge in [-0.2, -0.15) is 0 Å². The average molecular weight is 152 g/mol. The van der Waals surface area contributed by atoms with E-state index in [1.54, 1.807) is 0 Å². The standard InChI is InChI=1S/C3H9N2O3P/c1-2-3-7-9(5,6)8-4/h2H,1,3-4H2,(H2,5,6).